The highest BCUT2D eigenvalue weighted by Gasteiger charge is 2.31. The van der Waals surface area contributed by atoms with Gasteiger partial charge in [-0.3, -0.25) is 4.31 Å². The van der Waals surface area contributed by atoms with Crippen molar-refractivity contribution >= 4 is 39.0 Å². The Balaban J connectivity index is 1.77. The average Bonchev–Trinajstić information content (AvgIpc) is 2.79. The fourth-order valence-electron chi connectivity index (χ4n) is 3.71. The molecule has 5 nitrogen and oxygen atoms in total. The van der Waals surface area contributed by atoms with Crippen LogP contribution in [0.25, 0.3) is 11.6 Å². The molecule has 0 saturated carbocycles. The lowest BCUT2D eigenvalue weighted by molar-refractivity contribution is -0.0499. The van der Waals surface area contributed by atoms with Crippen molar-refractivity contribution in [3.05, 3.63) is 82.4 Å². The number of nitrogens with zero attached hydrogens (tertiary/aromatic N) is 1. The van der Waals surface area contributed by atoms with E-state index in [9.17, 15) is 26.0 Å². The van der Waals surface area contributed by atoms with Crippen molar-refractivity contribution in [2.75, 3.05) is 17.5 Å². The Labute approximate surface area is 204 Å². The zero-order chi connectivity index (χ0) is 25.3. The van der Waals surface area contributed by atoms with Crippen molar-refractivity contribution in [2.45, 2.75) is 18.4 Å². The molecule has 1 aliphatic rings. The first-order chi connectivity index (χ1) is 16.6. The lowest BCUT2D eigenvalue weighted by Gasteiger charge is -2.31. The second-order valence-corrected chi connectivity index (χ2v) is 9.81. The second-order valence-electron chi connectivity index (χ2n) is 7.54. The first-order valence-electron chi connectivity index (χ1n) is 10.2. The summed E-state index contributed by atoms with van der Waals surface area (Å²) in [4.78, 5) is -0.292. The van der Waals surface area contributed by atoms with E-state index in [1.807, 2.05) is 0 Å². The lowest BCUT2D eigenvalue weighted by Crippen LogP contribution is -2.38. The Morgan fingerprint density at radius 3 is 2.57 bits per heavy atom. The van der Waals surface area contributed by atoms with Crippen molar-refractivity contribution in [3.63, 3.8) is 0 Å². The summed E-state index contributed by atoms with van der Waals surface area (Å²) in [6, 6.07) is 11.1. The molecule has 11 heteroatoms. The predicted octanol–water partition coefficient (Wildman–Crippen LogP) is 6.37. The van der Waals surface area contributed by atoms with Gasteiger partial charge in [0.25, 0.3) is 10.0 Å². The van der Waals surface area contributed by atoms with Crippen LogP contribution in [0.15, 0.2) is 59.5 Å². The SMILES string of the molecule is C/C(=C\c1cc2c(cc1F)OCCN2S(=O)(=O)c1cccc(OC(F)F)c1)c1c(F)cccc1Cl. The Morgan fingerprint density at radius 2 is 1.86 bits per heavy atom. The highest BCUT2D eigenvalue weighted by Crippen LogP contribution is 2.39. The van der Waals surface area contributed by atoms with Crippen LogP contribution in [0.1, 0.15) is 18.1 Å². The Hall–Kier alpha value is -3.24. The number of hydrogen-bond donors (Lipinski definition) is 0. The molecule has 1 heterocycles. The normalized spacial score (nSPS) is 14.0. The van der Waals surface area contributed by atoms with Gasteiger partial charge in [-0.25, -0.2) is 17.2 Å². The van der Waals surface area contributed by atoms with E-state index in [-0.39, 0.29) is 51.4 Å². The third-order valence-corrected chi connectivity index (χ3v) is 7.37. The topological polar surface area (TPSA) is 55.8 Å². The highest BCUT2D eigenvalue weighted by molar-refractivity contribution is 7.92. The van der Waals surface area contributed by atoms with Crippen LogP contribution in [0.4, 0.5) is 23.2 Å². The molecule has 1 aliphatic heterocycles. The third-order valence-electron chi connectivity index (χ3n) is 5.25. The standard InChI is InChI=1S/C24H18ClF4NO4S/c1-14(23-18(25)6-3-7-19(23)26)10-15-11-21-22(13-20(15)27)33-9-8-30(21)35(31,32)17-5-2-4-16(12-17)34-24(28)29/h2-7,10-13,24H,8-9H2,1H3/b14-10+. The summed E-state index contributed by atoms with van der Waals surface area (Å²) in [6.07, 6.45) is 1.34. The van der Waals surface area contributed by atoms with Crippen molar-refractivity contribution in [1.82, 2.24) is 0 Å². The van der Waals surface area contributed by atoms with E-state index in [1.165, 1.54) is 48.5 Å². The molecule has 0 spiro atoms. The number of fused-ring (bicyclic) bond motifs is 1. The minimum absolute atomic E-state index is 0.0176. The molecule has 0 saturated heterocycles. The molecule has 0 aromatic heterocycles. The molecule has 0 unspecified atom stereocenters. The van der Waals surface area contributed by atoms with Gasteiger partial charge in [0, 0.05) is 23.3 Å². The zero-order valence-electron chi connectivity index (χ0n) is 18.1. The molecule has 3 aromatic carbocycles. The molecular formula is C24H18ClF4NO4S. The van der Waals surface area contributed by atoms with E-state index in [4.69, 9.17) is 16.3 Å². The van der Waals surface area contributed by atoms with Crippen molar-refractivity contribution in [2.24, 2.45) is 0 Å². The van der Waals surface area contributed by atoms with Gasteiger partial charge in [0.05, 0.1) is 22.2 Å². The maximum Gasteiger partial charge on any atom is 0.387 e. The van der Waals surface area contributed by atoms with Gasteiger partial charge >= 0.3 is 6.61 Å². The Kier molecular flexibility index (Phi) is 6.95. The summed E-state index contributed by atoms with van der Waals surface area (Å²) in [5, 5.41) is 0.135. The van der Waals surface area contributed by atoms with Crippen LogP contribution in [-0.4, -0.2) is 28.2 Å². The number of hydrogen-bond acceptors (Lipinski definition) is 4. The number of benzene rings is 3. The molecule has 184 valence electrons. The number of rotatable bonds is 6. The van der Waals surface area contributed by atoms with Crippen LogP contribution in [-0.2, 0) is 10.0 Å². The van der Waals surface area contributed by atoms with Crippen molar-refractivity contribution < 1.29 is 35.5 Å². The van der Waals surface area contributed by atoms with Crippen LogP contribution in [0.3, 0.4) is 0 Å². The minimum Gasteiger partial charge on any atom is -0.489 e. The molecule has 3 aromatic rings. The van der Waals surface area contributed by atoms with Gasteiger partial charge in [-0.05, 0) is 48.9 Å². The molecule has 0 aliphatic carbocycles. The van der Waals surface area contributed by atoms with Crippen LogP contribution in [0, 0.1) is 11.6 Å². The van der Waals surface area contributed by atoms with Gasteiger partial charge in [-0.1, -0.05) is 23.7 Å². The summed E-state index contributed by atoms with van der Waals surface area (Å²) < 4.78 is 91.8. The first kappa shape index (κ1) is 24.9. The molecule has 0 radical (unpaired) electrons. The molecular weight excluding hydrogens is 510 g/mol. The van der Waals surface area contributed by atoms with Gasteiger partial charge in [-0.15, -0.1) is 0 Å². The van der Waals surface area contributed by atoms with Gasteiger partial charge in [0.2, 0.25) is 0 Å². The van der Waals surface area contributed by atoms with Crippen molar-refractivity contribution in [3.8, 4) is 11.5 Å². The summed E-state index contributed by atoms with van der Waals surface area (Å²) in [5.41, 5.74) is 0.412. The molecule has 0 atom stereocenters. The minimum atomic E-state index is -4.25. The molecule has 35 heavy (non-hydrogen) atoms. The Morgan fingerprint density at radius 1 is 1.11 bits per heavy atom. The first-order valence-corrected chi connectivity index (χ1v) is 12.1. The number of anilines is 1. The number of halogens is 5. The maximum absolute atomic E-state index is 14.9. The van der Waals surface area contributed by atoms with Crippen LogP contribution in [0.2, 0.25) is 5.02 Å². The van der Waals surface area contributed by atoms with Crippen LogP contribution < -0.4 is 13.8 Å². The summed E-state index contributed by atoms with van der Waals surface area (Å²) >= 11 is 6.10. The Bertz CT molecular complexity index is 1390. The monoisotopic (exact) mass is 527 g/mol. The molecule has 0 amide bonds. The molecule has 0 bridgehead atoms. The van der Waals surface area contributed by atoms with E-state index < -0.39 is 28.3 Å². The smallest absolute Gasteiger partial charge is 0.387 e. The summed E-state index contributed by atoms with van der Waals surface area (Å²) in [5.74, 6) is -1.66. The van der Waals surface area contributed by atoms with Crippen molar-refractivity contribution in [1.29, 1.82) is 0 Å². The molecule has 0 fully saturated rings. The second kappa shape index (κ2) is 9.79. The van der Waals surface area contributed by atoms with Gasteiger partial charge < -0.3 is 9.47 Å². The van der Waals surface area contributed by atoms with E-state index in [0.29, 0.717) is 5.57 Å². The predicted molar refractivity (Wildman–Crippen MR) is 124 cm³/mol. The fraction of sp³-hybridized carbons (Fsp3) is 0.167. The number of alkyl halides is 2. The van der Waals surface area contributed by atoms with E-state index in [2.05, 4.69) is 4.74 Å². The third kappa shape index (κ3) is 5.08. The maximum atomic E-state index is 14.9. The van der Waals surface area contributed by atoms with Crippen LogP contribution >= 0.6 is 11.6 Å². The van der Waals surface area contributed by atoms with Gasteiger partial charge in [0.15, 0.2) is 0 Å². The van der Waals surface area contributed by atoms with Crippen LogP contribution in [0.5, 0.6) is 11.5 Å². The van der Waals surface area contributed by atoms with E-state index in [1.54, 1.807) is 6.92 Å². The zero-order valence-corrected chi connectivity index (χ0v) is 19.7. The quantitative estimate of drug-likeness (QED) is 0.276. The fourth-order valence-corrected chi connectivity index (χ4v) is 5.51. The van der Waals surface area contributed by atoms with E-state index >= 15 is 0 Å². The largest absolute Gasteiger partial charge is 0.489 e. The van der Waals surface area contributed by atoms with Gasteiger partial charge in [0.1, 0.15) is 29.7 Å². The lowest BCUT2D eigenvalue weighted by atomic mass is 10.0. The van der Waals surface area contributed by atoms with E-state index in [0.717, 1.165) is 16.4 Å². The average molecular weight is 528 g/mol. The highest BCUT2D eigenvalue weighted by atomic mass is 35.5. The number of allylic oxidation sites excluding steroid dienone is 1. The number of ether oxygens (including phenoxy) is 2. The summed E-state index contributed by atoms with van der Waals surface area (Å²) in [6.45, 7) is -1.75. The molecule has 0 N–H and O–H groups in total. The molecule has 4 rings (SSSR count). The van der Waals surface area contributed by atoms with Gasteiger partial charge in [-0.2, -0.15) is 8.78 Å². The number of sulfonamides is 1. The summed E-state index contributed by atoms with van der Waals surface area (Å²) in [7, 11) is -4.25.